The molecule has 1 aromatic carbocycles. The van der Waals surface area contributed by atoms with E-state index < -0.39 is 0 Å². The van der Waals surface area contributed by atoms with Crippen molar-refractivity contribution in [1.29, 1.82) is 0 Å². The van der Waals surface area contributed by atoms with Gasteiger partial charge in [0.1, 0.15) is 5.75 Å². The first-order chi connectivity index (χ1) is 13.7. The molecule has 0 atom stereocenters. The van der Waals surface area contributed by atoms with Crippen molar-refractivity contribution in [2.75, 3.05) is 33.9 Å². The third-order valence-electron chi connectivity index (χ3n) is 5.47. The number of rotatable bonds is 7. The molecule has 0 bridgehead atoms. The van der Waals surface area contributed by atoms with Gasteiger partial charge in [-0.1, -0.05) is 19.1 Å². The normalized spacial score (nSPS) is 16.6. The van der Waals surface area contributed by atoms with Crippen LogP contribution in [0.4, 0.5) is 0 Å². The second-order valence-corrected chi connectivity index (χ2v) is 8.37. The Kier molecular flexibility index (Phi) is 7.34. The van der Waals surface area contributed by atoms with Gasteiger partial charge < -0.3 is 20.1 Å². The molecule has 0 aliphatic carbocycles. The predicted molar refractivity (Wildman–Crippen MR) is 117 cm³/mol. The number of hydrogen-bond donors (Lipinski definition) is 2. The van der Waals surface area contributed by atoms with Crippen LogP contribution in [-0.4, -0.2) is 39.9 Å². The lowest BCUT2D eigenvalue weighted by Crippen LogP contribution is -2.47. The molecule has 2 aromatic rings. The molecule has 5 nitrogen and oxygen atoms in total. The molecule has 3 rings (SSSR count). The highest BCUT2D eigenvalue weighted by molar-refractivity contribution is 7.11. The quantitative estimate of drug-likeness (QED) is 0.548. The molecule has 2 N–H and O–H groups in total. The largest absolute Gasteiger partial charge is 0.497 e. The topological polar surface area (TPSA) is 54.9 Å². The fraction of sp³-hybridized carbons (Fsp3) is 0.500. The number of benzene rings is 1. The van der Waals surface area contributed by atoms with Crippen LogP contribution in [0.1, 0.15) is 35.1 Å². The summed E-state index contributed by atoms with van der Waals surface area (Å²) in [5.41, 5.74) is 1.37. The van der Waals surface area contributed by atoms with Crippen LogP contribution in [0.15, 0.2) is 41.4 Å². The number of nitrogens with one attached hydrogen (secondary N) is 2. The summed E-state index contributed by atoms with van der Waals surface area (Å²) in [5.74, 6) is 1.73. The predicted octanol–water partition coefficient (Wildman–Crippen LogP) is 3.73. The molecule has 0 radical (unpaired) electrons. The molecule has 1 aliphatic heterocycles. The van der Waals surface area contributed by atoms with Gasteiger partial charge in [0.05, 0.1) is 13.7 Å². The Hall–Kier alpha value is -2.05. The third-order valence-corrected chi connectivity index (χ3v) is 6.70. The van der Waals surface area contributed by atoms with Crippen molar-refractivity contribution in [3.8, 4) is 5.75 Å². The summed E-state index contributed by atoms with van der Waals surface area (Å²) >= 11 is 1.86. The Labute approximate surface area is 172 Å². The van der Waals surface area contributed by atoms with Crippen molar-refractivity contribution in [3.63, 3.8) is 0 Å². The van der Waals surface area contributed by atoms with E-state index >= 15 is 0 Å². The van der Waals surface area contributed by atoms with Gasteiger partial charge in [-0.25, -0.2) is 0 Å². The highest BCUT2D eigenvalue weighted by Crippen LogP contribution is 2.35. The van der Waals surface area contributed by atoms with Crippen molar-refractivity contribution >= 4 is 17.3 Å². The molecule has 0 saturated carbocycles. The van der Waals surface area contributed by atoms with E-state index in [2.05, 4.69) is 46.8 Å². The maximum atomic E-state index is 5.65. The zero-order valence-electron chi connectivity index (χ0n) is 17.1. The average molecular weight is 402 g/mol. The average Bonchev–Trinajstić information content (AvgIpc) is 3.23. The standard InChI is InChI=1S/C22H31N3O2S/c1-4-19-9-10-20(28-19)15-24-21(23-2)25-16-22(11-13-27-14-12-22)17-5-7-18(26-3)8-6-17/h5-10H,4,11-16H2,1-3H3,(H2,23,24,25). The SMILES string of the molecule is CCc1ccc(CNC(=NC)NCC2(c3ccc(OC)cc3)CCOCC2)s1. The van der Waals surface area contributed by atoms with Gasteiger partial charge >= 0.3 is 0 Å². The van der Waals surface area contributed by atoms with Crippen LogP contribution >= 0.6 is 11.3 Å². The van der Waals surface area contributed by atoms with Crippen molar-refractivity contribution < 1.29 is 9.47 Å². The first kappa shape index (κ1) is 20.7. The molecule has 1 aliphatic rings. The number of methoxy groups -OCH3 is 1. The zero-order chi connectivity index (χ0) is 19.8. The molecule has 0 spiro atoms. The number of nitrogens with zero attached hydrogens (tertiary/aromatic N) is 1. The van der Waals surface area contributed by atoms with Crippen molar-refractivity contribution in [3.05, 3.63) is 51.7 Å². The maximum absolute atomic E-state index is 5.65. The summed E-state index contributed by atoms with van der Waals surface area (Å²) in [5, 5.41) is 7.00. The van der Waals surface area contributed by atoms with Crippen LogP contribution in [0.25, 0.3) is 0 Å². The molecular formula is C22H31N3O2S. The molecule has 152 valence electrons. The Morgan fingerprint density at radius 2 is 1.82 bits per heavy atom. The van der Waals surface area contributed by atoms with Crippen LogP contribution < -0.4 is 15.4 Å². The van der Waals surface area contributed by atoms with Gasteiger partial charge in [0.2, 0.25) is 0 Å². The maximum Gasteiger partial charge on any atom is 0.191 e. The fourth-order valence-corrected chi connectivity index (χ4v) is 4.52. The van der Waals surface area contributed by atoms with Crippen molar-refractivity contribution in [2.24, 2.45) is 4.99 Å². The molecule has 1 fully saturated rings. The Morgan fingerprint density at radius 3 is 2.43 bits per heavy atom. The molecule has 28 heavy (non-hydrogen) atoms. The van der Waals surface area contributed by atoms with Crippen LogP contribution in [0.2, 0.25) is 0 Å². The molecule has 6 heteroatoms. The van der Waals surface area contributed by atoms with Gasteiger partial charge in [-0.3, -0.25) is 4.99 Å². The smallest absolute Gasteiger partial charge is 0.191 e. The van der Waals surface area contributed by atoms with Gasteiger partial charge in [0, 0.05) is 42.0 Å². The third kappa shape index (κ3) is 5.06. The number of aryl methyl sites for hydroxylation is 1. The van der Waals surface area contributed by atoms with Crippen LogP contribution in [-0.2, 0) is 23.1 Å². The van der Waals surface area contributed by atoms with E-state index in [4.69, 9.17) is 9.47 Å². The van der Waals surface area contributed by atoms with Crippen molar-refractivity contribution in [1.82, 2.24) is 10.6 Å². The van der Waals surface area contributed by atoms with E-state index in [1.165, 1.54) is 15.3 Å². The summed E-state index contributed by atoms with van der Waals surface area (Å²) in [6.07, 6.45) is 3.08. The minimum absolute atomic E-state index is 0.0421. The molecule has 2 heterocycles. The summed E-state index contributed by atoms with van der Waals surface area (Å²) in [7, 11) is 3.53. The minimum Gasteiger partial charge on any atom is -0.497 e. The van der Waals surface area contributed by atoms with E-state index in [0.29, 0.717) is 0 Å². The van der Waals surface area contributed by atoms with Gasteiger partial charge in [-0.2, -0.15) is 0 Å². The van der Waals surface area contributed by atoms with Crippen molar-refractivity contribution in [2.45, 2.75) is 38.1 Å². The first-order valence-electron chi connectivity index (χ1n) is 9.93. The Bertz CT molecular complexity index is 764. The van der Waals surface area contributed by atoms with E-state index in [0.717, 1.165) is 57.3 Å². The number of guanidine groups is 1. The van der Waals surface area contributed by atoms with E-state index in [-0.39, 0.29) is 5.41 Å². The monoisotopic (exact) mass is 401 g/mol. The van der Waals surface area contributed by atoms with Crippen LogP contribution in [0.5, 0.6) is 5.75 Å². The van der Waals surface area contributed by atoms with E-state index in [1.54, 1.807) is 7.11 Å². The first-order valence-corrected chi connectivity index (χ1v) is 10.7. The molecule has 0 unspecified atom stereocenters. The summed E-state index contributed by atoms with van der Waals surface area (Å²) in [6.45, 7) is 5.38. The second kappa shape index (κ2) is 9.94. The van der Waals surface area contributed by atoms with Gasteiger partial charge in [-0.05, 0) is 49.1 Å². The Balaban J connectivity index is 1.64. The minimum atomic E-state index is 0.0421. The molecule has 1 saturated heterocycles. The van der Waals surface area contributed by atoms with Gasteiger partial charge in [0.15, 0.2) is 5.96 Å². The highest BCUT2D eigenvalue weighted by atomic mass is 32.1. The lowest BCUT2D eigenvalue weighted by molar-refractivity contribution is 0.0513. The summed E-state index contributed by atoms with van der Waals surface area (Å²) in [4.78, 5) is 7.16. The Morgan fingerprint density at radius 1 is 1.11 bits per heavy atom. The number of aliphatic imine (C=N–C) groups is 1. The second-order valence-electron chi connectivity index (χ2n) is 7.12. The lowest BCUT2D eigenvalue weighted by atomic mass is 9.74. The highest BCUT2D eigenvalue weighted by Gasteiger charge is 2.34. The number of ether oxygens (including phenoxy) is 2. The zero-order valence-corrected chi connectivity index (χ0v) is 17.9. The molecule has 0 amide bonds. The molecule has 1 aromatic heterocycles. The van der Waals surface area contributed by atoms with Gasteiger partial charge in [0.25, 0.3) is 0 Å². The van der Waals surface area contributed by atoms with E-state index in [1.807, 2.05) is 30.5 Å². The molecular weight excluding hydrogens is 370 g/mol. The van der Waals surface area contributed by atoms with E-state index in [9.17, 15) is 0 Å². The van der Waals surface area contributed by atoms with Crippen LogP contribution in [0.3, 0.4) is 0 Å². The van der Waals surface area contributed by atoms with Crippen LogP contribution in [0, 0.1) is 0 Å². The summed E-state index contributed by atoms with van der Waals surface area (Å²) in [6, 6.07) is 12.9. The fourth-order valence-electron chi connectivity index (χ4n) is 3.63. The lowest BCUT2D eigenvalue weighted by Gasteiger charge is -2.38. The van der Waals surface area contributed by atoms with Gasteiger partial charge in [-0.15, -0.1) is 11.3 Å². The number of hydrogen-bond acceptors (Lipinski definition) is 4. The number of thiophene rings is 1. The summed E-state index contributed by atoms with van der Waals surface area (Å²) < 4.78 is 11.0.